The number of nitrogens with two attached hydrogens (primary N) is 1. The zero-order chi connectivity index (χ0) is 9.84. The molecular formula is C7H11ClN4O. The number of amidine groups is 1. The summed E-state index contributed by atoms with van der Waals surface area (Å²) in [5, 5.41) is 15.8. The van der Waals surface area contributed by atoms with Crippen LogP contribution in [0.2, 0.25) is 5.02 Å². The predicted molar refractivity (Wildman–Crippen MR) is 50.0 cm³/mol. The standard InChI is InChI=1S/C7H11ClN4O/c1-5(2-7(9)11-13)12-4-6(8)3-10-12/h3-5,13H,2H2,1H3,(H2,9,11). The molecule has 1 atom stereocenters. The number of hydrogen-bond acceptors (Lipinski definition) is 3. The van der Waals surface area contributed by atoms with E-state index in [9.17, 15) is 0 Å². The van der Waals surface area contributed by atoms with Crippen molar-refractivity contribution in [2.75, 3.05) is 0 Å². The molecule has 1 unspecified atom stereocenters. The molecule has 72 valence electrons. The lowest BCUT2D eigenvalue weighted by atomic mass is 10.2. The lowest BCUT2D eigenvalue weighted by Gasteiger charge is -2.09. The van der Waals surface area contributed by atoms with E-state index in [2.05, 4.69) is 10.3 Å². The van der Waals surface area contributed by atoms with Crippen molar-refractivity contribution >= 4 is 17.4 Å². The third-order valence-electron chi connectivity index (χ3n) is 1.65. The van der Waals surface area contributed by atoms with Crippen LogP contribution < -0.4 is 5.73 Å². The van der Waals surface area contributed by atoms with Gasteiger partial charge in [-0.15, -0.1) is 0 Å². The van der Waals surface area contributed by atoms with Gasteiger partial charge in [-0.3, -0.25) is 4.68 Å². The second-order valence-electron chi connectivity index (χ2n) is 2.78. The highest BCUT2D eigenvalue weighted by Crippen LogP contribution is 2.13. The number of hydrogen-bond donors (Lipinski definition) is 2. The SMILES string of the molecule is CC(C/C(N)=N/O)n1cc(Cl)cn1. The van der Waals surface area contributed by atoms with Crippen LogP contribution in [0.4, 0.5) is 0 Å². The van der Waals surface area contributed by atoms with Crippen molar-refractivity contribution in [3.8, 4) is 0 Å². The zero-order valence-corrected chi connectivity index (χ0v) is 7.94. The molecular weight excluding hydrogens is 192 g/mol. The third kappa shape index (κ3) is 2.62. The highest BCUT2D eigenvalue weighted by Gasteiger charge is 2.08. The Morgan fingerprint density at radius 1 is 1.92 bits per heavy atom. The minimum atomic E-state index is 0.0309. The van der Waals surface area contributed by atoms with E-state index in [0.29, 0.717) is 11.4 Å². The molecule has 0 spiro atoms. The Bertz CT molecular complexity index is 309. The maximum Gasteiger partial charge on any atom is 0.141 e. The Morgan fingerprint density at radius 3 is 3.08 bits per heavy atom. The van der Waals surface area contributed by atoms with Crippen molar-refractivity contribution in [1.29, 1.82) is 0 Å². The predicted octanol–water partition coefficient (Wildman–Crippen LogP) is 1.23. The molecule has 0 aliphatic heterocycles. The molecule has 1 heterocycles. The normalized spacial score (nSPS) is 14.5. The van der Waals surface area contributed by atoms with Crippen LogP contribution in [-0.2, 0) is 0 Å². The maximum atomic E-state index is 8.34. The lowest BCUT2D eigenvalue weighted by Crippen LogP contribution is -2.18. The van der Waals surface area contributed by atoms with Crippen molar-refractivity contribution < 1.29 is 5.21 Å². The molecule has 6 heteroatoms. The van der Waals surface area contributed by atoms with E-state index < -0.39 is 0 Å². The maximum absolute atomic E-state index is 8.34. The number of halogens is 1. The summed E-state index contributed by atoms with van der Waals surface area (Å²) in [4.78, 5) is 0. The Kier molecular flexibility index (Phi) is 3.13. The van der Waals surface area contributed by atoms with Crippen molar-refractivity contribution in [2.24, 2.45) is 10.9 Å². The van der Waals surface area contributed by atoms with E-state index in [1.165, 1.54) is 0 Å². The van der Waals surface area contributed by atoms with Crippen LogP contribution in [0, 0.1) is 0 Å². The number of oxime groups is 1. The van der Waals surface area contributed by atoms with Gasteiger partial charge in [-0.05, 0) is 6.92 Å². The van der Waals surface area contributed by atoms with E-state index >= 15 is 0 Å². The summed E-state index contributed by atoms with van der Waals surface area (Å²) in [5.74, 6) is 0.180. The molecule has 0 aliphatic carbocycles. The van der Waals surface area contributed by atoms with E-state index in [-0.39, 0.29) is 11.9 Å². The molecule has 1 rings (SSSR count). The van der Waals surface area contributed by atoms with Crippen LogP contribution in [0.5, 0.6) is 0 Å². The van der Waals surface area contributed by atoms with Gasteiger partial charge in [0, 0.05) is 12.6 Å². The number of rotatable bonds is 3. The van der Waals surface area contributed by atoms with Gasteiger partial charge < -0.3 is 10.9 Å². The first-order valence-corrected chi connectivity index (χ1v) is 4.17. The fourth-order valence-electron chi connectivity index (χ4n) is 0.993. The largest absolute Gasteiger partial charge is 0.409 e. The van der Waals surface area contributed by atoms with Gasteiger partial charge in [-0.25, -0.2) is 0 Å². The summed E-state index contributed by atoms with van der Waals surface area (Å²) in [6.07, 6.45) is 3.68. The van der Waals surface area contributed by atoms with Crippen LogP contribution in [0.15, 0.2) is 17.5 Å². The average Bonchev–Trinajstić information content (AvgIpc) is 2.51. The van der Waals surface area contributed by atoms with Crippen LogP contribution in [0.25, 0.3) is 0 Å². The molecule has 0 bridgehead atoms. The molecule has 0 aromatic carbocycles. The topological polar surface area (TPSA) is 76.4 Å². The molecule has 0 amide bonds. The van der Waals surface area contributed by atoms with Crippen molar-refractivity contribution in [2.45, 2.75) is 19.4 Å². The summed E-state index contributed by atoms with van der Waals surface area (Å²) in [7, 11) is 0. The Labute approximate surface area is 80.8 Å². The van der Waals surface area contributed by atoms with Crippen LogP contribution in [0.1, 0.15) is 19.4 Å². The van der Waals surface area contributed by atoms with Gasteiger partial charge >= 0.3 is 0 Å². The van der Waals surface area contributed by atoms with Gasteiger partial charge in [-0.1, -0.05) is 16.8 Å². The molecule has 0 fully saturated rings. The van der Waals surface area contributed by atoms with E-state index in [0.717, 1.165) is 0 Å². The second kappa shape index (κ2) is 4.13. The summed E-state index contributed by atoms with van der Waals surface area (Å²) >= 11 is 5.68. The lowest BCUT2D eigenvalue weighted by molar-refractivity contribution is 0.315. The van der Waals surface area contributed by atoms with Gasteiger partial charge in [0.25, 0.3) is 0 Å². The van der Waals surface area contributed by atoms with Crippen LogP contribution in [0.3, 0.4) is 0 Å². The highest BCUT2D eigenvalue weighted by atomic mass is 35.5. The van der Waals surface area contributed by atoms with Gasteiger partial charge in [0.1, 0.15) is 5.84 Å². The Hall–Kier alpha value is -1.23. The first-order valence-electron chi connectivity index (χ1n) is 3.79. The zero-order valence-electron chi connectivity index (χ0n) is 7.18. The first kappa shape index (κ1) is 9.85. The smallest absolute Gasteiger partial charge is 0.141 e. The number of aromatic nitrogens is 2. The molecule has 1 aromatic heterocycles. The fraction of sp³-hybridized carbons (Fsp3) is 0.429. The van der Waals surface area contributed by atoms with E-state index in [4.69, 9.17) is 22.5 Å². The van der Waals surface area contributed by atoms with Crippen molar-refractivity contribution in [1.82, 2.24) is 9.78 Å². The van der Waals surface area contributed by atoms with Crippen molar-refractivity contribution in [3.05, 3.63) is 17.4 Å². The van der Waals surface area contributed by atoms with Gasteiger partial charge in [0.15, 0.2) is 0 Å². The Balaban J connectivity index is 2.63. The Morgan fingerprint density at radius 2 is 2.62 bits per heavy atom. The summed E-state index contributed by atoms with van der Waals surface area (Å²) in [5.41, 5.74) is 5.34. The summed E-state index contributed by atoms with van der Waals surface area (Å²) in [6, 6.07) is 0.0309. The molecule has 0 saturated carbocycles. The molecule has 1 aromatic rings. The first-order chi connectivity index (χ1) is 6.13. The summed E-state index contributed by atoms with van der Waals surface area (Å²) < 4.78 is 1.67. The summed E-state index contributed by atoms with van der Waals surface area (Å²) in [6.45, 7) is 1.90. The molecule has 3 N–H and O–H groups in total. The minimum absolute atomic E-state index is 0.0309. The fourth-order valence-corrected chi connectivity index (χ4v) is 1.14. The molecule has 13 heavy (non-hydrogen) atoms. The average molecular weight is 203 g/mol. The molecule has 5 nitrogen and oxygen atoms in total. The van der Waals surface area contributed by atoms with Gasteiger partial charge in [0.05, 0.1) is 17.3 Å². The monoisotopic (exact) mass is 202 g/mol. The van der Waals surface area contributed by atoms with Crippen LogP contribution >= 0.6 is 11.6 Å². The molecule has 0 saturated heterocycles. The minimum Gasteiger partial charge on any atom is -0.409 e. The second-order valence-corrected chi connectivity index (χ2v) is 3.22. The van der Waals surface area contributed by atoms with E-state index in [1.54, 1.807) is 17.1 Å². The molecule has 0 aliphatic rings. The third-order valence-corrected chi connectivity index (χ3v) is 1.85. The highest BCUT2D eigenvalue weighted by molar-refractivity contribution is 6.30. The van der Waals surface area contributed by atoms with Crippen LogP contribution in [-0.4, -0.2) is 20.8 Å². The van der Waals surface area contributed by atoms with Gasteiger partial charge in [-0.2, -0.15) is 5.10 Å². The molecule has 0 radical (unpaired) electrons. The quantitative estimate of drug-likeness (QED) is 0.335. The number of nitrogens with zero attached hydrogens (tertiary/aromatic N) is 3. The van der Waals surface area contributed by atoms with Gasteiger partial charge in [0.2, 0.25) is 0 Å². The van der Waals surface area contributed by atoms with E-state index in [1.807, 2.05) is 6.92 Å². The van der Waals surface area contributed by atoms with Crippen molar-refractivity contribution in [3.63, 3.8) is 0 Å².